The Hall–Kier alpha value is -1.54. The summed E-state index contributed by atoms with van der Waals surface area (Å²) in [6.07, 6.45) is 0.430. The molecule has 0 saturated heterocycles. The fourth-order valence-corrected chi connectivity index (χ4v) is 1.56. The summed E-state index contributed by atoms with van der Waals surface area (Å²) >= 11 is 5.81. The van der Waals surface area contributed by atoms with Crippen LogP contribution < -0.4 is 10.6 Å². The van der Waals surface area contributed by atoms with Crippen LogP contribution in [0.2, 0.25) is 5.15 Å². The fraction of sp³-hybridized carbons (Fsp3) is 0.500. The van der Waals surface area contributed by atoms with Gasteiger partial charge in [0.2, 0.25) is 5.95 Å². The largest absolute Gasteiger partial charge is 0.368 e. The van der Waals surface area contributed by atoms with Gasteiger partial charge in [-0.2, -0.15) is 10.2 Å². The van der Waals surface area contributed by atoms with Crippen LogP contribution in [0.5, 0.6) is 0 Å². The van der Waals surface area contributed by atoms with E-state index in [4.69, 9.17) is 22.6 Å². The predicted molar refractivity (Wildman–Crippen MR) is 64.2 cm³/mol. The van der Waals surface area contributed by atoms with Gasteiger partial charge in [-0.15, -0.1) is 0 Å². The van der Waals surface area contributed by atoms with E-state index in [1.54, 1.807) is 6.07 Å². The summed E-state index contributed by atoms with van der Waals surface area (Å²) in [5, 5.41) is 8.90. The van der Waals surface area contributed by atoms with Crippen molar-refractivity contribution in [3.8, 4) is 6.07 Å². The summed E-state index contributed by atoms with van der Waals surface area (Å²) < 4.78 is 0. The molecule has 2 N–H and O–H groups in total. The molecule has 0 aliphatic rings. The van der Waals surface area contributed by atoms with Crippen LogP contribution in [0.1, 0.15) is 20.3 Å². The molecule has 0 atom stereocenters. The molecule has 0 radical (unpaired) electrons. The second kappa shape index (κ2) is 5.52. The van der Waals surface area contributed by atoms with Crippen LogP contribution in [-0.4, -0.2) is 22.6 Å². The lowest BCUT2D eigenvalue weighted by molar-refractivity contribution is 0.676. The monoisotopic (exact) mass is 239 g/mol. The molecule has 0 aliphatic heterocycles. The van der Waals surface area contributed by atoms with Gasteiger partial charge >= 0.3 is 0 Å². The van der Waals surface area contributed by atoms with Gasteiger partial charge in [0.05, 0.1) is 12.5 Å². The Morgan fingerprint density at radius 3 is 2.75 bits per heavy atom. The van der Waals surface area contributed by atoms with Crippen molar-refractivity contribution in [3.05, 3.63) is 11.2 Å². The zero-order valence-corrected chi connectivity index (χ0v) is 10.1. The average molecular weight is 240 g/mol. The number of nitrogens with zero attached hydrogens (tertiary/aromatic N) is 4. The maximum absolute atomic E-state index is 8.59. The first-order valence-electron chi connectivity index (χ1n) is 4.98. The molecule has 0 unspecified atom stereocenters. The van der Waals surface area contributed by atoms with Crippen LogP contribution in [0, 0.1) is 11.3 Å². The summed E-state index contributed by atoms with van der Waals surface area (Å²) in [6, 6.07) is 3.97. The minimum Gasteiger partial charge on any atom is -0.368 e. The fourth-order valence-electron chi connectivity index (χ4n) is 1.38. The van der Waals surface area contributed by atoms with Crippen molar-refractivity contribution in [3.63, 3.8) is 0 Å². The van der Waals surface area contributed by atoms with Gasteiger partial charge in [0.1, 0.15) is 11.0 Å². The van der Waals surface area contributed by atoms with Crippen molar-refractivity contribution in [2.45, 2.75) is 26.3 Å². The maximum atomic E-state index is 8.59. The lowest BCUT2D eigenvalue weighted by Gasteiger charge is -2.26. The average Bonchev–Trinajstić information content (AvgIpc) is 2.16. The molecule has 0 aliphatic carbocycles. The molecule has 1 rings (SSSR count). The number of rotatable bonds is 4. The van der Waals surface area contributed by atoms with Crippen LogP contribution in [0.25, 0.3) is 0 Å². The maximum Gasteiger partial charge on any atom is 0.223 e. The molecule has 1 aromatic heterocycles. The van der Waals surface area contributed by atoms with Crippen molar-refractivity contribution in [2.75, 3.05) is 17.2 Å². The van der Waals surface area contributed by atoms with E-state index in [2.05, 4.69) is 16.0 Å². The Morgan fingerprint density at radius 1 is 1.56 bits per heavy atom. The van der Waals surface area contributed by atoms with E-state index < -0.39 is 0 Å². The number of nitrogen functional groups attached to an aromatic ring is 1. The van der Waals surface area contributed by atoms with Gasteiger partial charge in [0.25, 0.3) is 0 Å². The number of halogens is 1. The minimum atomic E-state index is 0.144. The molecule has 5 nitrogen and oxygen atoms in total. The SMILES string of the molecule is CC(C)N(CCC#N)c1cc(Cl)nc(N)n1. The van der Waals surface area contributed by atoms with Gasteiger partial charge < -0.3 is 10.6 Å². The second-order valence-electron chi connectivity index (χ2n) is 3.60. The van der Waals surface area contributed by atoms with Gasteiger partial charge in [-0.05, 0) is 13.8 Å². The van der Waals surface area contributed by atoms with Crippen molar-refractivity contribution in [2.24, 2.45) is 0 Å². The number of nitriles is 1. The summed E-state index contributed by atoms with van der Waals surface area (Å²) in [6.45, 7) is 4.63. The lowest BCUT2D eigenvalue weighted by atomic mass is 10.3. The Kier molecular flexibility index (Phi) is 4.32. The van der Waals surface area contributed by atoms with E-state index in [0.717, 1.165) is 0 Å². The number of nitrogens with two attached hydrogens (primary N) is 1. The molecular formula is C10H14ClN5. The minimum absolute atomic E-state index is 0.144. The zero-order chi connectivity index (χ0) is 12.1. The molecule has 16 heavy (non-hydrogen) atoms. The van der Waals surface area contributed by atoms with E-state index in [0.29, 0.717) is 23.9 Å². The van der Waals surface area contributed by atoms with Crippen LogP contribution >= 0.6 is 11.6 Å². The third-order valence-electron chi connectivity index (χ3n) is 2.08. The van der Waals surface area contributed by atoms with Crippen LogP contribution in [-0.2, 0) is 0 Å². The zero-order valence-electron chi connectivity index (χ0n) is 9.31. The molecular weight excluding hydrogens is 226 g/mol. The van der Waals surface area contributed by atoms with Crippen molar-refractivity contribution in [1.29, 1.82) is 5.26 Å². The first-order valence-corrected chi connectivity index (χ1v) is 5.36. The third kappa shape index (κ3) is 3.24. The molecule has 0 saturated carbocycles. The van der Waals surface area contributed by atoms with E-state index in [1.807, 2.05) is 18.7 Å². The smallest absolute Gasteiger partial charge is 0.223 e. The van der Waals surface area contributed by atoms with Gasteiger partial charge in [0, 0.05) is 18.7 Å². The van der Waals surface area contributed by atoms with Crippen LogP contribution in [0.15, 0.2) is 6.07 Å². The summed E-state index contributed by atoms with van der Waals surface area (Å²) in [7, 11) is 0. The molecule has 6 heteroatoms. The highest BCUT2D eigenvalue weighted by Gasteiger charge is 2.13. The first-order chi connectivity index (χ1) is 7.54. The molecule has 0 fully saturated rings. The van der Waals surface area contributed by atoms with Crippen molar-refractivity contribution < 1.29 is 0 Å². The Labute approximate surface area is 99.9 Å². The predicted octanol–water partition coefficient (Wildman–Crippen LogP) is 1.84. The Balaban J connectivity index is 2.96. The number of aromatic nitrogens is 2. The quantitative estimate of drug-likeness (QED) is 0.811. The van der Waals surface area contributed by atoms with Gasteiger partial charge in [-0.3, -0.25) is 0 Å². The summed E-state index contributed by atoms with van der Waals surface area (Å²) in [5.74, 6) is 0.799. The Morgan fingerprint density at radius 2 is 2.25 bits per heavy atom. The van der Waals surface area contributed by atoms with Crippen LogP contribution in [0.4, 0.5) is 11.8 Å². The number of hydrogen-bond donors (Lipinski definition) is 1. The van der Waals surface area contributed by atoms with E-state index in [-0.39, 0.29) is 12.0 Å². The highest BCUT2D eigenvalue weighted by atomic mass is 35.5. The van der Waals surface area contributed by atoms with Gasteiger partial charge in [-0.1, -0.05) is 11.6 Å². The molecule has 0 bridgehead atoms. The van der Waals surface area contributed by atoms with Crippen LogP contribution in [0.3, 0.4) is 0 Å². The summed E-state index contributed by atoms with van der Waals surface area (Å²) in [5.41, 5.74) is 5.53. The molecule has 0 amide bonds. The van der Waals surface area contributed by atoms with Gasteiger partial charge in [-0.25, -0.2) is 4.98 Å². The second-order valence-corrected chi connectivity index (χ2v) is 3.99. The molecule has 0 spiro atoms. The molecule has 1 aromatic rings. The molecule has 1 heterocycles. The normalized spacial score (nSPS) is 10.2. The first kappa shape index (κ1) is 12.5. The van der Waals surface area contributed by atoms with Crippen molar-refractivity contribution >= 4 is 23.4 Å². The van der Waals surface area contributed by atoms with E-state index in [1.165, 1.54) is 0 Å². The lowest BCUT2D eigenvalue weighted by Crippen LogP contribution is -2.32. The topological polar surface area (TPSA) is 78.8 Å². The third-order valence-corrected chi connectivity index (χ3v) is 2.27. The Bertz CT molecular complexity index is 378. The standard InChI is InChI=1S/C10H14ClN5/c1-7(2)16(5-3-4-12)9-6-8(11)14-10(13)15-9/h6-7H,3,5H2,1-2H3,(H2,13,14,15). The highest BCUT2D eigenvalue weighted by Crippen LogP contribution is 2.19. The van der Waals surface area contributed by atoms with Crippen molar-refractivity contribution in [1.82, 2.24) is 9.97 Å². The molecule has 0 aromatic carbocycles. The summed E-state index contributed by atoms with van der Waals surface area (Å²) in [4.78, 5) is 9.87. The van der Waals surface area contributed by atoms with Gasteiger partial charge in [0.15, 0.2) is 0 Å². The molecule has 86 valence electrons. The number of hydrogen-bond acceptors (Lipinski definition) is 5. The van der Waals surface area contributed by atoms with E-state index >= 15 is 0 Å². The number of anilines is 2. The van der Waals surface area contributed by atoms with E-state index in [9.17, 15) is 0 Å². The highest BCUT2D eigenvalue weighted by molar-refractivity contribution is 6.29.